The molecule has 0 rings (SSSR count). The zero-order valence-electron chi connectivity index (χ0n) is 3.29. The second-order valence-electron chi connectivity index (χ2n) is 0.471. The Hall–Kier alpha value is 0.432. The van der Waals surface area contributed by atoms with E-state index in [0.29, 0.717) is 0 Å². The Balaban J connectivity index is -0.0000000450. The van der Waals surface area contributed by atoms with Crippen molar-refractivity contribution in [1.29, 1.82) is 0 Å². The molecule has 40 valence electrons. The molecule has 0 aromatic carbocycles. The van der Waals surface area contributed by atoms with E-state index in [4.69, 9.17) is 0 Å². The maximum Gasteiger partial charge on any atom is 0 e. The van der Waals surface area contributed by atoms with Crippen LogP contribution in [-0.4, -0.2) is 0 Å². The van der Waals surface area contributed by atoms with Crippen molar-refractivity contribution >= 4 is 12.4 Å². The van der Waals surface area contributed by atoms with Gasteiger partial charge in [-0.3, -0.25) is 0 Å². The summed E-state index contributed by atoms with van der Waals surface area (Å²) in [6.45, 7) is 6.72. The van der Waals surface area contributed by atoms with Crippen LogP contribution in [0.4, 0.5) is 0 Å². The quantitative estimate of drug-likeness (QED) is 0.444. The molecule has 0 aliphatic rings. The van der Waals surface area contributed by atoms with Crippen LogP contribution in [0.15, 0.2) is 25.3 Å². The Morgan fingerprint density at radius 3 is 1.17 bits per heavy atom. The van der Waals surface area contributed by atoms with E-state index in [-0.39, 0.29) is 32.8 Å². The summed E-state index contributed by atoms with van der Waals surface area (Å²) in [5, 5.41) is 0. The van der Waals surface area contributed by atoms with E-state index in [1.54, 1.807) is 12.2 Å². The van der Waals surface area contributed by atoms with Crippen LogP contribution in [0.25, 0.3) is 0 Å². The molecule has 6 heavy (non-hydrogen) atoms. The van der Waals surface area contributed by atoms with Gasteiger partial charge in [0.05, 0.1) is 0 Å². The third-order valence-electron chi connectivity index (χ3n) is 0.167. The first-order chi connectivity index (χ1) is 1.91. The average Bonchev–Trinajstić information content (AvgIpc) is 1.37. The number of rotatable bonds is 1. The van der Waals surface area contributed by atoms with E-state index in [9.17, 15) is 0 Å². The molecule has 0 aromatic rings. The molecule has 0 amide bonds. The fraction of sp³-hybridized carbons (Fsp3) is 0. The summed E-state index contributed by atoms with van der Waals surface area (Å²) in [6.07, 6.45) is 3.28. The Bertz CT molecular complexity index is 28.5. The van der Waals surface area contributed by atoms with Gasteiger partial charge in [0.15, 0.2) is 0 Å². The van der Waals surface area contributed by atoms with Gasteiger partial charge in [0.2, 0.25) is 0 Å². The molecule has 0 saturated carbocycles. The summed E-state index contributed by atoms with van der Waals surface area (Å²) in [7, 11) is 0. The predicted molar refractivity (Wildman–Crippen MR) is 27.6 cm³/mol. The van der Waals surface area contributed by atoms with Crippen molar-refractivity contribution in [3.05, 3.63) is 25.3 Å². The first-order valence-corrected chi connectivity index (χ1v) is 1.15. The number of hydrogen-bond acceptors (Lipinski definition) is 0. The summed E-state index contributed by atoms with van der Waals surface area (Å²) >= 11 is 0. The minimum atomic E-state index is 0. The van der Waals surface area contributed by atoms with Gasteiger partial charge in [0.1, 0.15) is 0 Å². The molecule has 0 N–H and O–H groups in total. The summed E-state index contributed by atoms with van der Waals surface area (Å²) in [5.41, 5.74) is 0. The smallest absolute Gasteiger partial charge is 0 e. The van der Waals surface area contributed by atoms with E-state index in [2.05, 4.69) is 13.2 Å². The second-order valence-corrected chi connectivity index (χ2v) is 0.471. The summed E-state index contributed by atoms with van der Waals surface area (Å²) < 4.78 is 0. The molecule has 0 aliphatic heterocycles. The molecule has 0 fully saturated rings. The maximum atomic E-state index is 3.36. The first-order valence-electron chi connectivity index (χ1n) is 1.15. The molecule has 0 bridgehead atoms. The van der Waals surface area contributed by atoms with Gasteiger partial charge in [-0.15, -0.1) is 12.4 Å². The molecule has 0 atom stereocenters. The number of halogens is 1. The molecular formula is C4H7ClPd. The number of hydrogen-bond donors (Lipinski definition) is 0. The van der Waals surface area contributed by atoms with Crippen molar-refractivity contribution in [2.45, 2.75) is 0 Å². The Morgan fingerprint density at radius 2 is 1.17 bits per heavy atom. The molecular weight excluding hydrogens is 190 g/mol. The van der Waals surface area contributed by atoms with Crippen LogP contribution in [0.3, 0.4) is 0 Å². The van der Waals surface area contributed by atoms with E-state index < -0.39 is 0 Å². The molecule has 0 radical (unpaired) electrons. The van der Waals surface area contributed by atoms with E-state index in [1.165, 1.54) is 0 Å². The molecule has 0 unspecified atom stereocenters. The van der Waals surface area contributed by atoms with Crippen LogP contribution in [0.2, 0.25) is 0 Å². The van der Waals surface area contributed by atoms with Gasteiger partial charge >= 0.3 is 0 Å². The Morgan fingerprint density at radius 1 is 1.00 bits per heavy atom. The Labute approximate surface area is 58.4 Å². The summed E-state index contributed by atoms with van der Waals surface area (Å²) in [5.74, 6) is 0. The molecule has 0 aliphatic carbocycles. The van der Waals surface area contributed by atoms with Gasteiger partial charge in [-0.25, -0.2) is 0 Å². The van der Waals surface area contributed by atoms with Gasteiger partial charge in [-0.1, -0.05) is 25.3 Å². The zero-order valence-corrected chi connectivity index (χ0v) is 5.66. The number of allylic oxidation sites excluding steroid dienone is 2. The molecule has 2 heteroatoms. The van der Waals surface area contributed by atoms with Crippen LogP contribution in [0.5, 0.6) is 0 Å². The van der Waals surface area contributed by atoms with Crippen molar-refractivity contribution in [2.75, 3.05) is 0 Å². The van der Waals surface area contributed by atoms with Crippen molar-refractivity contribution < 1.29 is 20.4 Å². The topological polar surface area (TPSA) is 0 Å². The SMILES string of the molecule is C=CC=C.Cl.[Pd]. The van der Waals surface area contributed by atoms with Crippen molar-refractivity contribution in [1.82, 2.24) is 0 Å². The molecule has 0 saturated heterocycles. The predicted octanol–water partition coefficient (Wildman–Crippen LogP) is 1.78. The normalized spacial score (nSPS) is 3.33. The zero-order chi connectivity index (χ0) is 3.41. The third-order valence-corrected chi connectivity index (χ3v) is 0.167. The maximum absolute atomic E-state index is 3.36. The van der Waals surface area contributed by atoms with Gasteiger partial charge in [0.25, 0.3) is 0 Å². The molecule has 0 heterocycles. The molecule has 0 aromatic heterocycles. The van der Waals surface area contributed by atoms with Gasteiger partial charge in [-0.2, -0.15) is 0 Å². The minimum Gasteiger partial charge on any atom is -0.147 e. The largest absolute Gasteiger partial charge is 0.147 e. The van der Waals surface area contributed by atoms with Crippen LogP contribution in [0, 0.1) is 0 Å². The van der Waals surface area contributed by atoms with Crippen LogP contribution in [0.1, 0.15) is 0 Å². The summed E-state index contributed by atoms with van der Waals surface area (Å²) in [4.78, 5) is 0. The fourth-order valence-electron chi connectivity index (χ4n) is 0. The van der Waals surface area contributed by atoms with Crippen LogP contribution < -0.4 is 0 Å². The monoisotopic (exact) mass is 196 g/mol. The van der Waals surface area contributed by atoms with E-state index >= 15 is 0 Å². The molecule has 0 spiro atoms. The Kier molecular flexibility index (Phi) is 48.4. The molecule has 0 nitrogen and oxygen atoms in total. The van der Waals surface area contributed by atoms with Gasteiger partial charge in [0, 0.05) is 20.4 Å². The third kappa shape index (κ3) is 25.5. The van der Waals surface area contributed by atoms with Crippen LogP contribution in [-0.2, 0) is 20.4 Å². The van der Waals surface area contributed by atoms with Crippen molar-refractivity contribution in [3.8, 4) is 0 Å². The van der Waals surface area contributed by atoms with Gasteiger partial charge in [-0.05, 0) is 0 Å². The van der Waals surface area contributed by atoms with Gasteiger partial charge < -0.3 is 0 Å². The standard InChI is InChI=1S/C4H6.ClH.Pd/c1-3-4-2;;/h3-4H,1-2H2;1H;. The first kappa shape index (κ1) is 16.1. The fourth-order valence-corrected chi connectivity index (χ4v) is 0. The van der Waals surface area contributed by atoms with Crippen molar-refractivity contribution in [2.24, 2.45) is 0 Å². The average molecular weight is 197 g/mol. The summed E-state index contributed by atoms with van der Waals surface area (Å²) in [6, 6.07) is 0. The van der Waals surface area contributed by atoms with E-state index in [1.807, 2.05) is 0 Å². The van der Waals surface area contributed by atoms with E-state index in [0.717, 1.165) is 0 Å². The van der Waals surface area contributed by atoms with Crippen LogP contribution >= 0.6 is 12.4 Å². The minimum absolute atomic E-state index is 0. The van der Waals surface area contributed by atoms with Crippen molar-refractivity contribution in [3.63, 3.8) is 0 Å². The second kappa shape index (κ2) is 18.0.